The standard InChI is InChI=1S/C23H24N4O4/c1-4-30-20-13-18(27-23(29)19-14-24-9-10-25-19)21(31-5-2)12-17(20)26-22(28)16-8-6-7-15(3)11-16/h6-14H,4-5H2,1-3H3,(H,26,28)(H,27,29). The van der Waals surface area contributed by atoms with Gasteiger partial charge < -0.3 is 20.1 Å². The lowest BCUT2D eigenvalue weighted by molar-refractivity contribution is 0.101. The third kappa shape index (κ3) is 5.57. The normalized spacial score (nSPS) is 10.3. The van der Waals surface area contributed by atoms with Crippen molar-refractivity contribution in [1.82, 2.24) is 9.97 Å². The number of amides is 2. The summed E-state index contributed by atoms with van der Waals surface area (Å²) in [5.74, 6) is 0.0839. The summed E-state index contributed by atoms with van der Waals surface area (Å²) >= 11 is 0. The average Bonchev–Trinajstić information content (AvgIpc) is 2.77. The Morgan fingerprint density at radius 1 is 0.903 bits per heavy atom. The summed E-state index contributed by atoms with van der Waals surface area (Å²) < 4.78 is 11.4. The smallest absolute Gasteiger partial charge is 0.275 e. The molecular formula is C23H24N4O4. The van der Waals surface area contributed by atoms with Gasteiger partial charge in [0.2, 0.25) is 0 Å². The molecule has 2 aromatic carbocycles. The first-order chi connectivity index (χ1) is 15.0. The van der Waals surface area contributed by atoms with Crippen LogP contribution in [0.15, 0.2) is 55.0 Å². The first-order valence-electron chi connectivity index (χ1n) is 9.90. The molecule has 0 fully saturated rings. The highest BCUT2D eigenvalue weighted by atomic mass is 16.5. The van der Waals surface area contributed by atoms with Crippen LogP contribution in [0.1, 0.15) is 40.3 Å². The SMILES string of the molecule is CCOc1cc(NC(=O)c2cnccn2)c(OCC)cc1NC(=O)c1cccc(C)c1. The van der Waals surface area contributed by atoms with Gasteiger partial charge in [0.1, 0.15) is 17.2 Å². The summed E-state index contributed by atoms with van der Waals surface area (Å²) in [5.41, 5.74) is 2.51. The molecule has 0 bridgehead atoms. The van der Waals surface area contributed by atoms with E-state index in [0.717, 1.165) is 5.56 Å². The molecule has 8 nitrogen and oxygen atoms in total. The summed E-state index contributed by atoms with van der Waals surface area (Å²) in [6.07, 6.45) is 4.30. The number of rotatable bonds is 8. The Kier molecular flexibility index (Phi) is 7.16. The minimum absolute atomic E-state index is 0.166. The van der Waals surface area contributed by atoms with Crippen molar-refractivity contribution in [3.63, 3.8) is 0 Å². The zero-order valence-corrected chi connectivity index (χ0v) is 17.6. The topological polar surface area (TPSA) is 102 Å². The predicted molar refractivity (Wildman–Crippen MR) is 118 cm³/mol. The number of carbonyl (C=O) groups excluding carboxylic acids is 2. The first kappa shape index (κ1) is 21.8. The fourth-order valence-electron chi connectivity index (χ4n) is 2.89. The van der Waals surface area contributed by atoms with E-state index in [-0.39, 0.29) is 11.6 Å². The van der Waals surface area contributed by atoms with Crippen molar-refractivity contribution in [2.75, 3.05) is 23.8 Å². The summed E-state index contributed by atoms with van der Waals surface area (Å²) in [4.78, 5) is 33.2. The Labute approximate surface area is 180 Å². The van der Waals surface area contributed by atoms with E-state index >= 15 is 0 Å². The number of benzene rings is 2. The zero-order valence-electron chi connectivity index (χ0n) is 17.6. The number of ether oxygens (including phenoxy) is 2. The molecule has 1 heterocycles. The largest absolute Gasteiger partial charge is 0.492 e. The van der Waals surface area contributed by atoms with Gasteiger partial charge >= 0.3 is 0 Å². The molecule has 0 spiro atoms. The van der Waals surface area contributed by atoms with Gasteiger partial charge in [0.25, 0.3) is 11.8 Å². The maximum Gasteiger partial charge on any atom is 0.275 e. The Hall–Kier alpha value is -3.94. The van der Waals surface area contributed by atoms with Gasteiger partial charge in [-0.3, -0.25) is 14.6 Å². The van der Waals surface area contributed by atoms with Gasteiger partial charge in [-0.1, -0.05) is 17.7 Å². The van der Waals surface area contributed by atoms with Crippen LogP contribution >= 0.6 is 0 Å². The second kappa shape index (κ2) is 10.2. The summed E-state index contributed by atoms with van der Waals surface area (Å²) in [7, 11) is 0. The van der Waals surface area contributed by atoms with Crippen LogP contribution < -0.4 is 20.1 Å². The molecule has 0 atom stereocenters. The minimum Gasteiger partial charge on any atom is -0.492 e. The third-order valence-electron chi connectivity index (χ3n) is 4.25. The van der Waals surface area contributed by atoms with E-state index in [1.807, 2.05) is 32.9 Å². The second-order valence-corrected chi connectivity index (χ2v) is 6.58. The third-order valence-corrected chi connectivity index (χ3v) is 4.25. The van der Waals surface area contributed by atoms with Crippen molar-refractivity contribution in [1.29, 1.82) is 0 Å². The molecule has 160 valence electrons. The van der Waals surface area contributed by atoms with Crippen LogP contribution in [0.2, 0.25) is 0 Å². The highest BCUT2D eigenvalue weighted by Crippen LogP contribution is 2.37. The molecule has 0 saturated carbocycles. The lowest BCUT2D eigenvalue weighted by Gasteiger charge is -2.18. The predicted octanol–water partition coefficient (Wildman–Crippen LogP) is 4.09. The van der Waals surface area contributed by atoms with Crippen LogP contribution in [0.5, 0.6) is 11.5 Å². The molecule has 1 aromatic heterocycles. The van der Waals surface area contributed by atoms with Crippen molar-refractivity contribution in [3.8, 4) is 11.5 Å². The zero-order chi connectivity index (χ0) is 22.2. The molecule has 0 saturated heterocycles. The minimum atomic E-state index is -0.437. The van der Waals surface area contributed by atoms with Crippen molar-refractivity contribution >= 4 is 23.2 Å². The first-order valence-corrected chi connectivity index (χ1v) is 9.90. The number of aryl methyl sites for hydroxylation is 1. The van der Waals surface area contributed by atoms with Gasteiger partial charge in [0.15, 0.2) is 0 Å². The van der Waals surface area contributed by atoms with Crippen molar-refractivity contribution in [3.05, 3.63) is 71.8 Å². The van der Waals surface area contributed by atoms with Gasteiger partial charge in [-0.25, -0.2) is 4.98 Å². The van der Waals surface area contributed by atoms with E-state index in [0.29, 0.717) is 41.7 Å². The van der Waals surface area contributed by atoms with Gasteiger partial charge in [-0.05, 0) is 32.9 Å². The highest BCUT2D eigenvalue weighted by molar-refractivity contribution is 6.07. The molecule has 8 heteroatoms. The summed E-state index contributed by atoms with van der Waals surface area (Å²) in [5, 5.41) is 5.64. The lowest BCUT2D eigenvalue weighted by atomic mass is 10.1. The molecule has 0 unspecified atom stereocenters. The van der Waals surface area contributed by atoms with Crippen molar-refractivity contribution in [2.45, 2.75) is 20.8 Å². The Morgan fingerprint density at radius 3 is 2.10 bits per heavy atom. The fraction of sp³-hybridized carbons (Fsp3) is 0.217. The Morgan fingerprint density at radius 2 is 1.55 bits per heavy atom. The van der Waals surface area contributed by atoms with Gasteiger partial charge in [-0.2, -0.15) is 0 Å². The molecule has 2 N–H and O–H groups in total. The number of hydrogen-bond donors (Lipinski definition) is 2. The second-order valence-electron chi connectivity index (χ2n) is 6.58. The maximum absolute atomic E-state index is 12.7. The van der Waals surface area contributed by atoms with Gasteiger partial charge in [0.05, 0.1) is 30.8 Å². The van der Waals surface area contributed by atoms with E-state index in [2.05, 4.69) is 20.6 Å². The van der Waals surface area contributed by atoms with Crippen LogP contribution in [0.25, 0.3) is 0 Å². The maximum atomic E-state index is 12.7. The Bertz CT molecular complexity index is 1070. The Balaban J connectivity index is 1.93. The summed E-state index contributed by atoms with van der Waals surface area (Å²) in [6, 6.07) is 10.5. The number of aromatic nitrogens is 2. The van der Waals surface area contributed by atoms with E-state index in [1.165, 1.54) is 18.6 Å². The lowest BCUT2D eigenvalue weighted by Crippen LogP contribution is -2.16. The molecule has 0 aliphatic carbocycles. The van der Waals surface area contributed by atoms with Crippen LogP contribution in [0.3, 0.4) is 0 Å². The van der Waals surface area contributed by atoms with Crippen LogP contribution in [-0.4, -0.2) is 35.0 Å². The monoisotopic (exact) mass is 420 g/mol. The highest BCUT2D eigenvalue weighted by Gasteiger charge is 2.18. The fourth-order valence-corrected chi connectivity index (χ4v) is 2.89. The van der Waals surface area contributed by atoms with Crippen LogP contribution in [0.4, 0.5) is 11.4 Å². The number of carbonyl (C=O) groups is 2. The molecule has 2 amide bonds. The quantitative estimate of drug-likeness (QED) is 0.569. The molecule has 3 rings (SSSR count). The number of nitrogens with one attached hydrogen (secondary N) is 2. The van der Waals surface area contributed by atoms with Crippen LogP contribution in [0, 0.1) is 6.92 Å². The van der Waals surface area contributed by atoms with E-state index in [1.54, 1.807) is 24.3 Å². The van der Waals surface area contributed by atoms with Crippen LogP contribution in [-0.2, 0) is 0 Å². The number of nitrogens with zero attached hydrogens (tertiary/aromatic N) is 2. The molecule has 0 aliphatic heterocycles. The average molecular weight is 420 g/mol. The van der Waals surface area contributed by atoms with E-state index in [4.69, 9.17) is 9.47 Å². The molecular weight excluding hydrogens is 396 g/mol. The van der Waals surface area contributed by atoms with Crippen molar-refractivity contribution < 1.29 is 19.1 Å². The molecule has 3 aromatic rings. The van der Waals surface area contributed by atoms with Crippen molar-refractivity contribution in [2.24, 2.45) is 0 Å². The van der Waals surface area contributed by atoms with E-state index in [9.17, 15) is 9.59 Å². The molecule has 0 aliphatic rings. The summed E-state index contributed by atoms with van der Waals surface area (Å²) in [6.45, 7) is 6.33. The molecule has 31 heavy (non-hydrogen) atoms. The molecule has 0 radical (unpaired) electrons. The van der Waals surface area contributed by atoms with E-state index < -0.39 is 5.91 Å². The number of hydrogen-bond acceptors (Lipinski definition) is 6. The van der Waals surface area contributed by atoms with Gasteiger partial charge in [0, 0.05) is 30.1 Å². The number of anilines is 2. The van der Waals surface area contributed by atoms with Gasteiger partial charge in [-0.15, -0.1) is 0 Å².